The maximum atomic E-state index is 13.2. The fourth-order valence-electron chi connectivity index (χ4n) is 2.22. The van der Waals surface area contributed by atoms with E-state index in [1.807, 2.05) is 32.0 Å². The number of hydrogen-bond donors (Lipinski definition) is 0. The number of benzene rings is 2. The molecule has 112 valence electrons. The molecule has 0 spiro atoms. The van der Waals surface area contributed by atoms with Crippen LogP contribution in [0.1, 0.15) is 13.8 Å². The van der Waals surface area contributed by atoms with Gasteiger partial charge in [-0.15, -0.1) is 0 Å². The van der Waals surface area contributed by atoms with Crippen LogP contribution in [0.3, 0.4) is 0 Å². The summed E-state index contributed by atoms with van der Waals surface area (Å²) in [4.78, 5) is 17.4. The molecule has 0 unspecified atom stereocenters. The van der Waals surface area contributed by atoms with Crippen molar-refractivity contribution in [3.8, 4) is 5.69 Å². The zero-order chi connectivity index (χ0) is 15.7. The lowest BCUT2D eigenvalue weighted by atomic mass is 10.2. The molecule has 3 aromatic rings. The largest absolute Gasteiger partial charge is 0.268 e. The molecule has 0 N–H and O–H groups in total. The van der Waals surface area contributed by atoms with Gasteiger partial charge in [0.2, 0.25) is 0 Å². The molecule has 22 heavy (non-hydrogen) atoms. The van der Waals surface area contributed by atoms with E-state index in [1.165, 1.54) is 23.9 Å². The molecule has 0 aliphatic carbocycles. The van der Waals surface area contributed by atoms with Gasteiger partial charge < -0.3 is 0 Å². The van der Waals surface area contributed by atoms with Crippen molar-refractivity contribution in [2.24, 2.45) is 0 Å². The fourth-order valence-corrected chi connectivity index (χ4v) is 3.09. The molecule has 0 fully saturated rings. The number of aromatic nitrogens is 2. The minimum Gasteiger partial charge on any atom is -0.268 e. The molecule has 2 aromatic carbocycles. The van der Waals surface area contributed by atoms with Crippen molar-refractivity contribution in [1.82, 2.24) is 9.55 Å². The molecule has 0 bridgehead atoms. The van der Waals surface area contributed by atoms with Crippen LogP contribution in [0, 0.1) is 5.82 Å². The lowest BCUT2D eigenvalue weighted by Gasteiger charge is -2.14. The van der Waals surface area contributed by atoms with Gasteiger partial charge in [-0.05, 0) is 36.4 Å². The first-order valence-corrected chi connectivity index (χ1v) is 7.88. The predicted molar refractivity (Wildman–Crippen MR) is 88.3 cm³/mol. The molecule has 1 heterocycles. The van der Waals surface area contributed by atoms with Gasteiger partial charge in [0.1, 0.15) is 5.82 Å². The Hall–Kier alpha value is -2.14. The van der Waals surface area contributed by atoms with E-state index in [0.29, 0.717) is 21.7 Å². The SMILES string of the molecule is CC(C)Sc1nc2ccccc2c(=O)n1-c1ccc(F)cc1. The lowest BCUT2D eigenvalue weighted by Crippen LogP contribution is -2.22. The molecule has 0 radical (unpaired) electrons. The first kappa shape index (κ1) is 14.8. The first-order chi connectivity index (χ1) is 10.6. The highest BCUT2D eigenvalue weighted by atomic mass is 32.2. The molecule has 0 saturated heterocycles. The fraction of sp³-hybridized carbons (Fsp3) is 0.176. The third-order valence-corrected chi connectivity index (χ3v) is 4.13. The van der Waals surface area contributed by atoms with Crippen molar-refractivity contribution in [1.29, 1.82) is 0 Å². The molecule has 0 saturated carbocycles. The van der Waals surface area contributed by atoms with Gasteiger partial charge in [0.25, 0.3) is 5.56 Å². The lowest BCUT2D eigenvalue weighted by molar-refractivity contribution is 0.627. The maximum absolute atomic E-state index is 13.2. The maximum Gasteiger partial charge on any atom is 0.266 e. The van der Waals surface area contributed by atoms with E-state index in [1.54, 1.807) is 22.8 Å². The Balaban J connectivity index is 2.32. The number of nitrogens with zero attached hydrogens (tertiary/aromatic N) is 2. The molecule has 0 amide bonds. The van der Waals surface area contributed by atoms with E-state index in [-0.39, 0.29) is 16.6 Å². The highest BCUT2D eigenvalue weighted by Crippen LogP contribution is 2.24. The number of rotatable bonds is 3. The Morgan fingerprint density at radius 3 is 2.45 bits per heavy atom. The normalized spacial score (nSPS) is 11.3. The summed E-state index contributed by atoms with van der Waals surface area (Å²) in [6.45, 7) is 4.09. The molecule has 3 nitrogen and oxygen atoms in total. The average molecular weight is 314 g/mol. The second kappa shape index (κ2) is 5.93. The van der Waals surface area contributed by atoms with E-state index in [2.05, 4.69) is 4.98 Å². The second-order valence-corrected chi connectivity index (χ2v) is 6.74. The van der Waals surface area contributed by atoms with Gasteiger partial charge in [-0.25, -0.2) is 9.37 Å². The number of hydrogen-bond acceptors (Lipinski definition) is 3. The van der Waals surface area contributed by atoms with Crippen LogP contribution in [0.5, 0.6) is 0 Å². The van der Waals surface area contributed by atoms with Crippen LogP contribution in [0.4, 0.5) is 4.39 Å². The Bertz CT molecular complexity index is 872. The molecule has 0 aliphatic heterocycles. The summed E-state index contributed by atoms with van der Waals surface area (Å²) >= 11 is 1.51. The molecular weight excluding hydrogens is 299 g/mol. The Kier molecular flexibility index (Phi) is 3.98. The summed E-state index contributed by atoms with van der Waals surface area (Å²) < 4.78 is 14.7. The van der Waals surface area contributed by atoms with Crippen LogP contribution in [0.15, 0.2) is 58.5 Å². The van der Waals surface area contributed by atoms with Crippen molar-refractivity contribution in [2.45, 2.75) is 24.3 Å². The minimum absolute atomic E-state index is 0.139. The predicted octanol–water partition coefficient (Wildman–Crippen LogP) is 4.03. The highest BCUT2D eigenvalue weighted by molar-refractivity contribution is 7.99. The van der Waals surface area contributed by atoms with Crippen molar-refractivity contribution >= 4 is 22.7 Å². The molecule has 0 atom stereocenters. The third kappa shape index (κ3) is 2.76. The Morgan fingerprint density at radius 2 is 1.77 bits per heavy atom. The van der Waals surface area contributed by atoms with Crippen molar-refractivity contribution in [2.75, 3.05) is 0 Å². The van der Waals surface area contributed by atoms with Crippen LogP contribution >= 0.6 is 11.8 Å². The van der Waals surface area contributed by atoms with Gasteiger partial charge in [-0.1, -0.05) is 37.7 Å². The van der Waals surface area contributed by atoms with Gasteiger partial charge in [-0.3, -0.25) is 9.36 Å². The summed E-state index contributed by atoms with van der Waals surface area (Å²) in [6, 6.07) is 13.2. The van der Waals surface area contributed by atoms with Gasteiger partial charge in [0.05, 0.1) is 16.6 Å². The Labute approximate surface area is 131 Å². The van der Waals surface area contributed by atoms with Gasteiger partial charge in [0, 0.05) is 5.25 Å². The summed E-state index contributed by atoms with van der Waals surface area (Å²) in [7, 11) is 0. The monoisotopic (exact) mass is 314 g/mol. The average Bonchev–Trinajstić information content (AvgIpc) is 2.48. The molecular formula is C17H15FN2OS. The standard InChI is InChI=1S/C17H15FN2OS/c1-11(2)22-17-19-15-6-4-3-5-14(15)16(21)20(17)13-9-7-12(18)8-10-13/h3-11H,1-2H3. The van der Waals surface area contributed by atoms with E-state index in [9.17, 15) is 9.18 Å². The van der Waals surface area contributed by atoms with Crippen LogP contribution in [-0.2, 0) is 0 Å². The third-order valence-electron chi connectivity index (χ3n) is 3.17. The highest BCUT2D eigenvalue weighted by Gasteiger charge is 2.14. The summed E-state index contributed by atoms with van der Waals surface area (Å²) in [5, 5.41) is 1.45. The zero-order valence-corrected chi connectivity index (χ0v) is 13.1. The van der Waals surface area contributed by atoms with Crippen LogP contribution < -0.4 is 5.56 Å². The van der Waals surface area contributed by atoms with Crippen LogP contribution in [0.2, 0.25) is 0 Å². The van der Waals surface area contributed by atoms with Crippen molar-refractivity contribution in [3.63, 3.8) is 0 Å². The van der Waals surface area contributed by atoms with E-state index >= 15 is 0 Å². The zero-order valence-electron chi connectivity index (χ0n) is 12.3. The summed E-state index contributed by atoms with van der Waals surface area (Å²) in [6.07, 6.45) is 0. The minimum atomic E-state index is -0.330. The van der Waals surface area contributed by atoms with E-state index in [0.717, 1.165) is 0 Å². The molecule has 5 heteroatoms. The van der Waals surface area contributed by atoms with Crippen LogP contribution in [-0.4, -0.2) is 14.8 Å². The number of thioether (sulfide) groups is 1. The van der Waals surface area contributed by atoms with Crippen molar-refractivity contribution < 1.29 is 4.39 Å². The van der Waals surface area contributed by atoms with Gasteiger partial charge >= 0.3 is 0 Å². The van der Waals surface area contributed by atoms with Crippen LogP contribution in [0.25, 0.3) is 16.6 Å². The van der Waals surface area contributed by atoms with E-state index < -0.39 is 0 Å². The molecule has 0 aliphatic rings. The summed E-state index contributed by atoms with van der Waals surface area (Å²) in [5.41, 5.74) is 1.15. The summed E-state index contributed by atoms with van der Waals surface area (Å²) in [5.74, 6) is -0.330. The molecule has 3 rings (SSSR count). The quantitative estimate of drug-likeness (QED) is 0.541. The Morgan fingerprint density at radius 1 is 1.09 bits per heavy atom. The smallest absolute Gasteiger partial charge is 0.266 e. The second-order valence-electron chi connectivity index (χ2n) is 5.20. The van der Waals surface area contributed by atoms with Crippen molar-refractivity contribution in [3.05, 3.63) is 64.7 Å². The first-order valence-electron chi connectivity index (χ1n) is 7.00. The van der Waals surface area contributed by atoms with Gasteiger partial charge in [0.15, 0.2) is 5.16 Å². The topological polar surface area (TPSA) is 34.9 Å². The number of fused-ring (bicyclic) bond motifs is 1. The van der Waals surface area contributed by atoms with Gasteiger partial charge in [-0.2, -0.15) is 0 Å². The number of para-hydroxylation sites is 1. The van der Waals surface area contributed by atoms with E-state index in [4.69, 9.17) is 0 Å². The molecule has 1 aromatic heterocycles. The number of halogens is 1.